The third-order valence-corrected chi connectivity index (χ3v) is 12.5. The van der Waals surface area contributed by atoms with Crippen molar-refractivity contribution in [2.75, 3.05) is 18.6 Å². The van der Waals surface area contributed by atoms with Crippen LogP contribution in [-0.2, 0) is 20.0 Å². The van der Waals surface area contributed by atoms with Crippen LogP contribution in [0.2, 0.25) is 0 Å². The summed E-state index contributed by atoms with van der Waals surface area (Å²) in [7, 11) is -6.33. The summed E-state index contributed by atoms with van der Waals surface area (Å²) in [5, 5.41) is 14.9. The number of halogens is 1. The monoisotopic (exact) mass is 796 g/mol. The number of nitrogens with two attached hydrogens (primary N) is 2. The molecule has 0 amide bonds. The van der Waals surface area contributed by atoms with Crippen molar-refractivity contribution < 1.29 is 31.0 Å². The number of nitrogen functional groups attached to an aromatic ring is 2. The lowest BCUT2D eigenvalue weighted by atomic mass is 10.0. The topological polar surface area (TPSA) is 217 Å². The molecule has 0 saturated heterocycles. The van der Waals surface area contributed by atoms with E-state index in [9.17, 15) is 16.8 Å². The first-order valence-electron chi connectivity index (χ1n) is 16.0. The van der Waals surface area contributed by atoms with E-state index >= 15 is 0 Å². The number of aliphatic hydroxyl groups excluding tert-OH is 1. The van der Waals surface area contributed by atoms with Crippen LogP contribution in [0.5, 0.6) is 0 Å². The smallest absolute Gasteiger partial charge is 0.242 e. The van der Waals surface area contributed by atoms with Crippen LogP contribution in [0.1, 0.15) is 81.7 Å². The van der Waals surface area contributed by atoms with Crippen LogP contribution in [-0.4, -0.2) is 51.4 Å². The molecule has 0 radical (unpaired) electrons. The Labute approximate surface area is 303 Å². The zero-order valence-electron chi connectivity index (χ0n) is 28.3. The van der Waals surface area contributed by atoms with E-state index in [1.54, 1.807) is 44.2 Å². The molecule has 7 N–H and O–H groups in total. The van der Waals surface area contributed by atoms with Gasteiger partial charge in [0.1, 0.15) is 21.3 Å². The molecule has 6 rings (SSSR count). The Balaban J connectivity index is 0.000000253. The van der Waals surface area contributed by atoms with E-state index in [0.29, 0.717) is 27.3 Å². The van der Waals surface area contributed by atoms with E-state index in [0.717, 1.165) is 80.9 Å². The Bertz CT molecular complexity index is 1940. The van der Waals surface area contributed by atoms with Crippen LogP contribution in [0.4, 0.5) is 11.4 Å². The summed E-state index contributed by atoms with van der Waals surface area (Å²) < 4.78 is 67.4. The van der Waals surface area contributed by atoms with Crippen LogP contribution < -0.4 is 20.9 Å². The minimum atomic E-state index is -3.69. The highest BCUT2D eigenvalue weighted by molar-refractivity contribution is 9.10. The molecule has 0 unspecified atom stereocenters. The minimum Gasteiger partial charge on any atom is -0.400 e. The zero-order chi connectivity index (χ0) is 36.1. The Morgan fingerprint density at radius 1 is 0.720 bits per heavy atom. The fourth-order valence-electron chi connectivity index (χ4n) is 6.33. The largest absolute Gasteiger partial charge is 0.400 e. The molecular weight excluding hydrogens is 748 g/mol. The predicted molar refractivity (Wildman–Crippen MR) is 199 cm³/mol. The van der Waals surface area contributed by atoms with E-state index in [2.05, 4.69) is 35.7 Å². The number of nitrogens with zero attached hydrogens (tertiary/aromatic N) is 2. The SMILES string of the molecule is C.CO.Cc1noc(C)c1-c1cc(Br)c(N)c(S(=O)(=O)NC2CCCC2)c1.Cc1noc(C)c1-c1ccc(N)c(S(=O)(=O)NC2CCCC2)c1. The second-order valence-electron chi connectivity index (χ2n) is 12.2. The van der Waals surface area contributed by atoms with Crippen molar-refractivity contribution in [1.29, 1.82) is 0 Å². The van der Waals surface area contributed by atoms with E-state index < -0.39 is 20.0 Å². The van der Waals surface area contributed by atoms with Crippen LogP contribution in [0.25, 0.3) is 22.3 Å². The molecule has 2 aliphatic carbocycles. The number of aryl methyl sites for hydroxylation is 4. The number of anilines is 2. The Hall–Kier alpha value is -3.28. The molecule has 2 aromatic heterocycles. The summed E-state index contributed by atoms with van der Waals surface area (Å²) in [4.78, 5) is 0.195. The summed E-state index contributed by atoms with van der Waals surface area (Å²) >= 11 is 3.37. The van der Waals surface area contributed by atoms with Gasteiger partial charge < -0.3 is 25.6 Å². The van der Waals surface area contributed by atoms with Gasteiger partial charge in [0.2, 0.25) is 20.0 Å². The maximum atomic E-state index is 12.8. The van der Waals surface area contributed by atoms with Gasteiger partial charge in [0.25, 0.3) is 0 Å². The first-order chi connectivity index (χ1) is 23.2. The third-order valence-electron chi connectivity index (χ3n) is 8.68. The van der Waals surface area contributed by atoms with Crippen molar-refractivity contribution in [1.82, 2.24) is 19.8 Å². The second-order valence-corrected chi connectivity index (χ2v) is 16.4. The van der Waals surface area contributed by atoms with E-state index in [1.807, 2.05) is 13.8 Å². The summed E-state index contributed by atoms with van der Waals surface area (Å²) in [5.74, 6) is 1.29. The normalized spacial score (nSPS) is 15.2. The number of rotatable bonds is 8. The van der Waals surface area contributed by atoms with Gasteiger partial charge in [0.05, 0.1) is 22.8 Å². The van der Waals surface area contributed by atoms with Gasteiger partial charge in [-0.2, -0.15) is 0 Å². The van der Waals surface area contributed by atoms with Gasteiger partial charge in [0.15, 0.2) is 0 Å². The maximum Gasteiger partial charge on any atom is 0.242 e. The van der Waals surface area contributed by atoms with Crippen LogP contribution in [0.3, 0.4) is 0 Å². The van der Waals surface area contributed by atoms with Gasteiger partial charge in [-0.1, -0.05) is 49.5 Å². The number of benzene rings is 2. The van der Waals surface area contributed by atoms with E-state index in [-0.39, 0.29) is 40.7 Å². The van der Waals surface area contributed by atoms with Gasteiger partial charge >= 0.3 is 0 Å². The molecule has 2 fully saturated rings. The van der Waals surface area contributed by atoms with Gasteiger partial charge in [-0.3, -0.25) is 0 Å². The van der Waals surface area contributed by atoms with Crippen molar-refractivity contribution in [2.24, 2.45) is 0 Å². The van der Waals surface area contributed by atoms with Gasteiger partial charge in [0, 0.05) is 34.8 Å². The van der Waals surface area contributed by atoms with Crippen LogP contribution in [0, 0.1) is 27.7 Å². The first-order valence-corrected chi connectivity index (χ1v) is 19.8. The summed E-state index contributed by atoms with van der Waals surface area (Å²) in [6.45, 7) is 7.25. The molecule has 50 heavy (non-hydrogen) atoms. The number of hydrogen-bond acceptors (Lipinski definition) is 11. The Kier molecular flexibility index (Phi) is 14.2. The van der Waals surface area contributed by atoms with Crippen molar-refractivity contribution in [2.45, 2.75) is 108 Å². The molecule has 2 aromatic carbocycles. The summed E-state index contributed by atoms with van der Waals surface area (Å²) in [6, 6.07) is 8.36. The van der Waals surface area contributed by atoms with E-state index in [1.165, 1.54) is 0 Å². The molecular formula is C34H49BrN6O7S2. The van der Waals surface area contributed by atoms with Crippen molar-refractivity contribution >= 4 is 47.4 Å². The molecule has 2 heterocycles. The number of nitrogens with one attached hydrogen (secondary N) is 2. The highest BCUT2D eigenvalue weighted by Crippen LogP contribution is 2.37. The third kappa shape index (κ3) is 9.33. The second kappa shape index (κ2) is 17.3. The molecule has 276 valence electrons. The van der Waals surface area contributed by atoms with Gasteiger partial charge in [-0.25, -0.2) is 26.3 Å². The molecule has 4 aromatic rings. The lowest BCUT2D eigenvalue weighted by Gasteiger charge is -2.16. The first kappa shape index (κ1) is 41.1. The quantitative estimate of drug-likeness (QED) is 0.121. The minimum absolute atomic E-state index is 0. The predicted octanol–water partition coefficient (Wildman–Crippen LogP) is 6.53. The van der Waals surface area contributed by atoms with Gasteiger partial charge in [-0.15, -0.1) is 0 Å². The zero-order valence-corrected chi connectivity index (χ0v) is 31.6. The Morgan fingerprint density at radius 2 is 1.14 bits per heavy atom. The molecule has 2 saturated carbocycles. The van der Waals surface area contributed by atoms with E-state index in [4.69, 9.17) is 25.6 Å². The molecule has 13 nitrogen and oxygen atoms in total. The van der Waals surface area contributed by atoms with Crippen LogP contribution >= 0.6 is 15.9 Å². The lowest BCUT2D eigenvalue weighted by molar-refractivity contribution is 0.393. The van der Waals surface area contributed by atoms with Gasteiger partial charge in [-0.05, 0) is 105 Å². The Morgan fingerprint density at radius 3 is 1.58 bits per heavy atom. The molecule has 0 aliphatic heterocycles. The number of hydrogen-bond donors (Lipinski definition) is 5. The standard InChI is InChI=1S/C16H20BrN3O3S.C16H21N3O3S.CH4O.CH4/c1-9-15(10(2)23-19-9)11-7-13(17)16(18)14(8-11)24(21,22)20-12-5-3-4-6-12;1-10-16(11(2)22-18-10)12-7-8-14(17)15(9-12)23(20,21)19-13-5-3-4-6-13;1-2;/h7-8,12,20H,3-6,18H2,1-2H3;7-9,13,19H,3-6,17H2,1-2H3;2H,1H3;1H4. The number of aromatic nitrogens is 2. The highest BCUT2D eigenvalue weighted by Gasteiger charge is 2.28. The maximum absolute atomic E-state index is 12.8. The van der Waals surface area contributed by atoms with Crippen molar-refractivity contribution in [3.05, 3.63) is 57.7 Å². The van der Waals surface area contributed by atoms with Crippen LogP contribution in [0.15, 0.2) is 53.6 Å². The number of sulfonamides is 2. The molecule has 0 bridgehead atoms. The molecule has 0 spiro atoms. The van der Waals surface area contributed by atoms with Crippen molar-refractivity contribution in [3.63, 3.8) is 0 Å². The highest BCUT2D eigenvalue weighted by atomic mass is 79.9. The average molecular weight is 798 g/mol. The fourth-order valence-corrected chi connectivity index (χ4v) is 9.86. The lowest BCUT2D eigenvalue weighted by Crippen LogP contribution is -2.33. The fraction of sp³-hybridized carbons (Fsp3) is 0.471. The molecule has 0 atom stereocenters. The number of aliphatic hydroxyl groups is 1. The van der Waals surface area contributed by atoms with Crippen molar-refractivity contribution in [3.8, 4) is 22.3 Å². The molecule has 16 heteroatoms. The average Bonchev–Trinajstić information content (AvgIpc) is 3.87. The summed E-state index contributed by atoms with van der Waals surface area (Å²) in [5.41, 5.74) is 16.9. The summed E-state index contributed by atoms with van der Waals surface area (Å²) in [6.07, 6.45) is 7.69. The molecule has 2 aliphatic rings.